The van der Waals surface area contributed by atoms with Crippen LogP contribution in [0.2, 0.25) is 0 Å². The number of nitrogens with zero attached hydrogens (tertiary/aromatic N) is 3. The molecule has 0 saturated carbocycles. The van der Waals surface area contributed by atoms with Gasteiger partial charge in [0.05, 0.1) is 6.21 Å². The summed E-state index contributed by atoms with van der Waals surface area (Å²) in [6, 6.07) is 13.2. The lowest BCUT2D eigenvalue weighted by atomic mass is 10.2. The van der Waals surface area contributed by atoms with E-state index in [1.54, 1.807) is 12.3 Å². The normalized spacial score (nSPS) is 11.4. The molecule has 134 valence electrons. The fraction of sp³-hybridized carbons (Fsp3) is 0.0500. The largest absolute Gasteiger partial charge is 0.490 e. The third-order valence-corrected chi connectivity index (χ3v) is 4.52. The van der Waals surface area contributed by atoms with Crippen LogP contribution in [0.3, 0.4) is 0 Å². The van der Waals surface area contributed by atoms with E-state index < -0.39 is 0 Å². The molecule has 0 aliphatic carbocycles. The summed E-state index contributed by atoms with van der Waals surface area (Å²) in [5.74, 6) is 0.747. The van der Waals surface area contributed by atoms with Crippen molar-refractivity contribution >= 4 is 44.1 Å². The zero-order valence-electron chi connectivity index (χ0n) is 14.2. The molecule has 0 amide bonds. The Balaban J connectivity index is 1.66. The molecule has 27 heavy (non-hydrogen) atoms. The Hall–Kier alpha value is -3.19. The average molecular weight is 423 g/mol. The maximum absolute atomic E-state index is 12.7. The van der Waals surface area contributed by atoms with Crippen LogP contribution in [0, 0.1) is 0 Å². The van der Waals surface area contributed by atoms with Gasteiger partial charge in [0.25, 0.3) is 5.56 Å². The summed E-state index contributed by atoms with van der Waals surface area (Å²) in [4.78, 5) is 20.2. The van der Waals surface area contributed by atoms with Crippen LogP contribution in [-0.4, -0.2) is 27.5 Å². The monoisotopic (exact) mass is 422 g/mol. The first-order chi connectivity index (χ1) is 13.2. The summed E-state index contributed by atoms with van der Waals surface area (Å²) in [6.07, 6.45) is 4.72. The van der Waals surface area contributed by atoms with Gasteiger partial charge in [-0.25, -0.2) is 4.98 Å². The van der Waals surface area contributed by atoms with Gasteiger partial charge in [-0.05, 0) is 48.0 Å². The van der Waals surface area contributed by atoms with Gasteiger partial charge in [0.2, 0.25) is 0 Å². The first kappa shape index (κ1) is 17.2. The zero-order chi connectivity index (χ0) is 18.8. The van der Waals surface area contributed by atoms with Crippen molar-refractivity contribution in [2.45, 2.75) is 0 Å². The molecule has 0 spiro atoms. The Kier molecular flexibility index (Phi) is 4.60. The number of aromatic amines is 1. The van der Waals surface area contributed by atoms with Gasteiger partial charge in [-0.2, -0.15) is 9.78 Å². The average Bonchev–Trinajstić information content (AvgIpc) is 3.05. The van der Waals surface area contributed by atoms with Gasteiger partial charge in [0, 0.05) is 15.4 Å². The van der Waals surface area contributed by atoms with E-state index in [2.05, 4.69) is 37.6 Å². The van der Waals surface area contributed by atoms with Crippen LogP contribution >= 0.6 is 15.9 Å². The molecule has 2 aromatic carbocycles. The fourth-order valence-corrected chi connectivity index (χ4v) is 3.10. The van der Waals surface area contributed by atoms with Crippen LogP contribution in [0.4, 0.5) is 0 Å². The second-order valence-electron chi connectivity index (χ2n) is 5.85. The Morgan fingerprint density at radius 2 is 2.07 bits per heavy atom. The first-order valence-electron chi connectivity index (χ1n) is 8.22. The molecule has 1 N–H and O–H groups in total. The van der Waals surface area contributed by atoms with Crippen molar-refractivity contribution in [1.29, 1.82) is 0 Å². The Bertz CT molecular complexity index is 1220. The number of hydrogen-bond donors (Lipinski definition) is 1. The van der Waals surface area contributed by atoms with Crippen molar-refractivity contribution in [2.24, 2.45) is 5.10 Å². The lowest BCUT2D eigenvalue weighted by Gasteiger charge is -2.02. The van der Waals surface area contributed by atoms with Gasteiger partial charge in [0.15, 0.2) is 0 Å². The molecule has 0 bridgehead atoms. The number of fused-ring (bicyclic) bond motifs is 3. The smallest absolute Gasteiger partial charge is 0.298 e. The number of ether oxygens (including phenoxy) is 1. The number of H-pyrrole nitrogens is 1. The number of aromatic nitrogens is 3. The molecule has 6 nitrogen and oxygen atoms in total. The highest BCUT2D eigenvalue weighted by Gasteiger charge is 2.10. The lowest BCUT2D eigenvalue weighted by Crippen LogP contribution is -2.17. The third-order valence-electron chi connectivity index (χ3n) is 4.03. The van der Waals surface area contributed by atoms with E-state index in [1.807, 2.05) is 42.5 Å². The van der Waals surface area contributed by atoms with Crippen molar-refractivity contribution in [3.63, 3.8) is 0 Å². The summed E-state index contributed by atoms with van der Waals surface area (Å²) in [6.45, 7) is 4.07. The van der Waals surface area contributed by atoms with Crippen molar-refractivity contribution in [2.75, 3.05) is 6.61 Å². The maximum atomic E-state index is 12.7. The molecule has 0 aliphatic heterocycles. The highest BCUT2D eigenvalue weighted by atomic mass is 79.9. The quantitative estimate of drug-likeness (QED) is 0.388. The molecule has 0 atom stereocenters. The van der Waals surface area contributed by atoms with Crippen LogP contribution in [0.15, 0.2) is 75.8 Å². The first-order valence-corrected chi connectivity index (χ1v) is 9.02. The van der Waals surface area contributed by atoms with Crippen molar-refractivity contribution in [3.05, 3.63) is 81.8 Å². The molecule has 4 rings (SSSR count). The van der Waals surface area contributed by atoms with Gasteiger partial charge >= 0.3 is 0 Å². The Morgan fingerprint density at radius 1 is 1.26 bits per heavy atom. The zero-order valence-corrected chi connectivity index (χ0v) is 15.8. The highest BCUT2D eigenvalue weighted by molar-refractivity contribution is 9.10. The van der Waals surface area contributed by atoms with Gasteiger partial charge in [-0.15, -0.1) is 0 Å². The Labute approximate surface area is 162 Å². The van der Waals surface area contributed by atoms with Crippen molar-refractivity contribution in [1.82, 2.24) is 14.6 Å². The third kappa shape index (κ3) is 3.41. The van der Waals surface area contributed by atoms with Crippen LogP contribution < -0.4 is 10.3 Å². The minimum absolute atomic E-state index is 0.255. The summed E-state index contributed by atoms with van der Waals surface area (Å²) in [7, 11) is 0. The molecule has 0 aliphatic rings. The maximum Gasteiger partial charge on any atom is 0.298 e. The number of nitrogens with one attached hydrogen (secondary N) is 1. The molecule has 0 saturated heterocycles. The molecular formula is C20H15BrN4O2. The molecule has 0 unspecified atom stereocenters. The summed E-state index contributed by atoms with van der Waals surface area (Å²) in [5.41, 5.74) is 2.50. The van der Waals surface area contributed by atoms with Crippen LogP contribution in [0.1, 0.15) is 5.56 Å². The topological polar surface area (TPSA) is 72.3 Å². The van der Waals surface area contributed by atoms with Gasteiger partial charge < -0.3 is 9.72 Å². The number of halogens is 1. The van der Waals surface area contributed by atoms with E-state index in [1.165, 1.54) is 11.0 Å². The second kappa shape index (κ2) is 7.20. The van der Waals surface area contributed by atoms with E-state index in [0.29, 0.717) is 17.6 Å². The summed E-state index contributed by atoms with van der Waals surface area (Å²) in [5, 5.41) is 5.13. The molecule has 0 radical (unpaired) electrons. The molecular weight excluding hydrogens is 408 g/mol. The summed E-state index contributed by atoms with van der Waals surface area (Å²) < 4.78 is 7.59. The van der Waals surface area contributed by atoms with Crippen molar-refractivity contribution in [3.8, 4) is 5.75 Å². The lowest BCUT2D eigenvalue weighted by molar-refractivity contribution is 0.363. The van der Waals surface area contributed by atoms with E-state index in [-0.39, 0.29) is 5.56 Å². The Morgan fingerprint density at radius 3 is 2.85 bits per heavy atom. The predicted molar refractivity (Wildman–Crippen MR) is 111 cm³/mol. The molecule has 4 aromatic rings. The van der Waals surface area contributed by atoms with E-state index >= 15 is 0 Å². The highest BCUT2D eigenvalue weighted by Crippen LogP contribution is 2.24. The van der Waals surface area contributed by atoms with Gasteiger partial charge in [-0.1, -0.05) is 28.6 Å². The number of rotatable bonds is 5. The van der Waals surface area contributed by atoms with Gasteiger partial charge in [0.1, 0.15) is 29.7 Å². The molecule has 2 aromatic heterocycles. The van der Waals surface area contributed by atoms with Crippen LogP contribution in [0.25, 0.3) is 21.9 Å². The van der Waals surface area contributed by atoms with E-state index in [4.69, 9.17) is 4.74 Å². The molecule has 2 heterocycles. The standard InChI is InChI=1S/C20H15BrN4O2/c1-2-9-27-15-6-3-13(4-7-15)11-23-25-12-22-18-16-10-14(21)5-8-17(16)24-19(18)20(25)26/h2-8,10-12,24H,1,9H2/b23-11-. The van der Waals surface area contributed by atoms with Crippen LogP contribution in [-0.2, 0) is 0 Å². The SMILES string of the molecule is C=CCOc1ccc(/C=N\n2cnc3c([nH]c4ccc(Br)cc43)c2=O)cc1. The minimum Gasteiger partial charge on any atom is -0.490 e. The number of hydrogen-bond acceptors (Lipinski definition) is 4. The van der Waals surface area contributed by atoms with Crippen LogP contribution in [0.5, 0.6) is 5.75 Å². The summed E-state index contributed by atoms with van der Waals surface area (Å²) >= 11 is 3.44. The fourth-order valence-electron chi connectivity index (χ4n) is 2.73. The second-order valence-corrected chi connectivity index (χ2v) is 6.76. The number of benzene rings is 2. The van der Waals surface area contributed by atoms with Crippen molar-refractivity contribution < 1.29 is 4.74 Å². The predicted octanol–water partition coefficient (Wildman–Crippen LogP) is 4.09. The van der Waals surface area contributed by atoms with Gasteiger partial charge in [-0.3, -0.25) is 4.79 Å². The van der Waals surface area contributed by atoms with E-state index in [9.17, 15) is 4.79 Å². The molecule has 0 fully saturated rings. The van der Waals surface area contributed by atoms with E-state index in [0.717, 1.165) is 26.7 Å². The minimum atomic E-state index is -0.255. The molecule has 7 heteroatoms.